The SMILES string of the molecule is C[C@]12CCC3(OCCO3)[C@@H]1[C@@H]1C=C([Si](C)(C)C)C(=O)[C@H]12. The zero-order valence-electron chi connectivity index (χ0n) is 12.9. The van der Waals surface area contributed by atoms with Crippen LogP contribution in [0.1, 0.15) is 19.8 Å². The number of carbonyl (C=O) groups excluding carboxylic acids is 1. The van der Waals surface area contributed by atoms with Crippen molar-refractivity contribution in [2.45, 2.75) is 45.2 Å². The van der Waals surface area contributed by atoms with Gasteiger partial charge in [-0.1, -0.05) is 32.6 Å². The first kappa shape index (κ1) is 13.2. The number of carbonyl (C=O) groups is 1. The van der Waals surface area contributed by atoms with Gasteiger partial charge in [-0.25, -0.2) is 0 Å². The van der Waals surface area contributed by atoms with Crippen LogP contribution in [0.2, 0.25) is 19.6 Å². The summed E-state index contributed by atoms with van der Waals surface area (Å²) in [5.74, 6) is 1.04. The summed E-state index contributed by atoms with van der Waals surface area (Å²) in [5.41, 5.74) is 0.101. The summed E-state index contributed by atoms with van der Waals surface area (Å²) in [5, 5.41) is 1.16. The maximum atomic E-state index is 12.8. The van der Waals surface area contributed by atoms with Crippen molar-refractivity contribution in [3.05, 3.63) is 11.3 Å². The van der Waals surface area contributed by atoms with E-state index in [4.69, 9.17) is 9.47 Å². The maximum absolute atomic E-state index is 12.8. The Kier molecular flexibility index (Phi) is 2.41. The monoisotopic (exact) mass is 292 g/mol. The fourth-order valence-corrected chi connectivity index (χ4v) is 6.96. The summed E-state index contributed by atoms with van der Waals surface area (Å²) in [6.45, 7) is 10.5. The van der Waals surface area contributed by atoms with Crippen LogP contribution in [-0.4, -0.2) is 32.9 Å². The molecule has 110 valence electrons. The van der Waals surface area contributed by atoms with Crippen LogP contribution in [0.5, 0.6) is 0 Å². The molecule has 0 N–H and O–H groups in total. The molecule has 0 radical (unpaired) electrons. The first-order valence-corrected chi connectivity index (χ1v) is 11.3. The molecule has 0 aromatic carbocycles. The van der Waals surface area contributed by atoms with Crippen LogP contribution in [0.25, 0.3) is 0 Å². The molecule has 2 saturated carbocycles. The second-order valence-corrected chi connectivity index (χ2v) is 13.3. The van der Waals surface area contributed by atoms with E-state index in [9.17, 15) is 4.79 Å². The minimum atomic E-state index is -1.53. The van der Waals surface area contributed by atoms with Gasteiger partial charge in [0.25, 0.3) is 0 Å². The van der Waals surface area contributed by atoms with E-state index in [0.29, 0.717) is 30.8 Å². The van der Waals surface area contributed by atoms with Gasteiger partial charge in [0.05, 0.1) is 21.3 Å². The zero-order valence-corrected chi connectivity index (χ0v) is 13.9. The Bertz CT molecular complexity index is 512. The second kappa shape index (κ2) is 3.65. The number of ketones is 1. The second-order valence-electron chi connectivity index (χ2n) is 8.24. The Hall–Kier alpha value is -0.453. The van der Waals surface area contributed by atoms with Gasteiger partial charge in [-0.2, -0.15) is 0 Å². The highest BCUT2D eigenvalue weighted by Crippen LogP contribution is 2.72. The van der Waals surface area contributed by atoms with Crippen molar-refractivity contribution in [3.8, 4) is 0 Å². The normalized spacial score (nSPS) is 45.3. The van der Waals surface area contributed by atoms with E-state index < -0.39 is 8.07 Å². The standard InChI is InChI=1S/C16H24O3Si/c1-15-5-6-16(18-7-8-19-16)14(15)10-9-11(20(2,3)4)13(17)12(10)15/h9-10,12,14H,5-8H2,1-4H3/t10-,12+,14-,15-/m1/s1. The van der Waals surface area contributed by atoms with Crippen LogP contribution in [-0.2, 0) is 14.3 Å². The van der Waals surface area contributed by atoms with Crippen LogP contribution in [0, 0.1) is 23.2 Å². The Morgan fingerprint density at radius 3 is 2.45 bits per heavy atom. The number of hydrogen-bond acceptors (Lipinski definition) is 3. The van der Waals surface area contributed by atoms with Gasteiger partial charge in [0.1, 0.15) is 0 Å². The average Bonchev–Trinajstić information content (AvgIpc) is 2.95. The van der Waals surface area contributed by atoms with Gasteiger partial charge < -0.3 is 9.47 Å². The third kappa shape index (κ3) is 1.35. The molecule has 4 heteroatoms. The molecule has 3 fully saturated rings. The molecule has 0 bridgehead atoms. The lowest BCUT2D eigenvalue weighted by molar-refractivity contribution is -0.241. The molecule has 3 nitrogen and oxygen atoms in total. The average molecular weight is 292 g/mol. The van der Waals surface area contributed by atoms with Crippen molar-refractivity contribution >= 4 is 13.9 Å². The van der Waals surface area contributed by atoms with E-state index >= 15 is 0 Å². The third-order valence-electron chi connectivity index (χ3n) is 6.17. The molecule has 20 heavy (non-hydrogen) atoms. The lowest BCUT2D eigenvalue weighted by atomic mass is 9.49. The molecule has 1 saturated heterocycles. The number of hydrogen-bond donors (Lipinski definition) is 0. The van der Waals surface area contributed by atoms with Gasteiger partial charge in [0.15, 0.2) is 11.6 Å². The van der Waals surface area contributed by atoms with Crippen molar-refractivity contribution in [2.75, 3.05) is 13.2 Å². The van der Waals surface area contributed by atoms with Crippen molar-refractivity contribution in [3.63, 3.8) is 0 Å². The molecule has 1 spiro atoms. The van der Waals surface area contributed by atoms with Gasteiger partial charge in [0, 0.05) is 18.3 Å². The highest BCUT2D eigenvalue weighted by molar-refractivity contribution is 6.87. The van der Waals surface area contributed by atoms with Crippen molar-refractivity contribution in [1.29, 1.82) is 0 Å². The highest BCUT2D eigenvalue weighted by atomic mass is 28.3. The van der Waals surface area contributed by atoms with E-state index in [0.717, 1.165) is 18.0 Å². The van der Waals surface area contributed by atoms with E-state index in [1.165, 1.54) is 0 Å². The number of Topliss-reactive ketones (excluding diaryl/α,β-unsaturated/α-hetero) is 1. The van der Waals surface area contributed by atoms with Crippen molar-refractivity contribution in [2.24, 2.45) is 23.2 Å². The van der Waals surface area contributed by atoms with Crippen LogP contribution in [0.4, 0.5) is 0 Å². The molecule has 4 rings (SSSR count). The Morgan fingerprint density at radius 1 is 1.20 bits per heavy atom. The summed E-state index contributed by atoms with van der Waals surface area (Å²) in [7, 11) is -1.53. The number of fused-ring (bicyclic) bond motifs is 5. The van der Waals surface area contributed by atoms with Gasteiger partial charge in [-0.15, -0.1) is 0 Å². The first-order chi connectivity index (χ1) is 9.30. The number of ether oxygens (including phenoxy) is 2. The predicted octanol–water partition coefficient (Wildman–Crippen LogP) is 2.78. The van der Waals surface area contributed by atoms with Gasteiger partial charge in [-0.05, 0) is 23.0 Å². The molecule has 0 aromatic rings. The zero-order chi connectivity index (χ0) is 14.3. The van der Waals surface area contributed by atoms with E-state index in [-0.39, 0.29) is 17.1 Å². The van der Waals surface area contributed by atoms with Gasteiger partial charge >= 0.3 is 0 Å². The Morgan fingerprint density at radius 2 is 1.85 bits per heavy atom. The van der Waals surface area contributed by atoms with Gasteiger partial charge in [0.2, 0.25) is 0 Å². The van der Waals surface area contributed by atoms with Crippen LogP contribution < -0.4 is 0 Å². The van der Waals surface area contributed by atoms with E-state index in [1.54, 1.807) is 0 Å². The fourth-order valence-electron chi connectivity index (χ4n) is 5.38. The molecule has 1 heterocycles. The summed E-state index contributed by atoms with van der Waals surface area (Å²) < 4.78 is 12.0. The van der Waals surface area contributed by atoms with Gasteiger partial charge in [-0.3, -0.25) is 4.79 Å². The molecule has 1 aliphatic heterocycles. The summed E-state index contributed by atoms with van der Waals surface area (Å²) >= 11 is 0. The smallest absolute Gasteiger partial charge is 0.172 e. The molecular weight excluding hydrogens is 268 g/mol. The highest BCUT2D eigenvalue weighted by Gasteiger charge is 2.74. The molecule has 0 amide bonds. The quantitative estimate of drug-likeness (QED) is 0.697. The summed E-state index contributed by atoms with van der Waals surface area (Å²) in [4.78, 5) is 12.8. The van der Waals surface area contributed by atoms with Crippen molar-refractivity contribution in [1.82, 2.24) is 0 Å². The van der Waals surface area contributed by atoms with Crippen LogP contribution in [0.15, 0.2) is 11.3 Å². The molecule has 3 aliphatic carbocycles. The van der Waals surface area contributed by atoms with Crippen LogP contribution >= 0.6 is 0 Å². The van der Waals surface area contributed by atoms with Crippen LogP contribution in [0.3, 0.4) is 0 Å². The summed E-state index contributed by atoms with van der Waals surface area (Å²) in [6, 6.07) is 0. The first-order valence-electron chi connectivity index (χ1n) is 7.84. The van der Waals surface area contributed by atoms with E-state index in [1.807, 2.05) is 0 Å². The third-order valence-corrected chi connectivity index (χ3v) is 8.20. The molecule has 0 aromatic heterocycles. The number of rotatable bonds is 1. The minimum absolute atomic E-state index is 0.101. The largest absolute Gasteiger partial charge is 0.347 e. The lowest BCUT2D eigenvalue weighted by Crippen LogP contribution is -2.59. The Balaban J connectivity index is 1.73. The molecular formula is C16H24O3Si. The topological polar surface area (TPSA) is 35.5 Å². The maximum Gasteiger partial charge on any atom is 0.172 e. The van der Waals surface area contributed by atoms with E-state index in [2.05, 4.69) is 32.6 Å². The Labute approximate surface area is 121 Å². The molecule has 4 aliphatic rings. The summed E-state index contributed by atoms with van der Waals surface area (Å²) in [6.07, 6.45) is 4.34. The lowest BCUT2D eigenvalue weighted by Gasteiger charge is -2.56. The fraction of sp³-hybridized carbons (Fsp3) is 0.812. The molecule has 0 unspecified atom stereocenters. The molecule has 4 atom stereocenters. The number of allylic oxidation sites excluding steroid dienone is 2. The minimum Gasteiger partial charge on any atom is -0.347 e. The predicted molar refractivity (Wildman–Crippen MR) is 78.9 cm³/mol. The van der Waals surface area contributed by atoms with Crippen molar-refractivity contribution < 1.29 is 14.3 Å².